The van der Waals surface area contributed by atoms with Gasteiger partial charge in [-0.2, -0.15) is 5.10 Å². The van der Waals surface area contributed by atoms with Gasteiger partial charge in [0.05, 0.1) is 11.0 Å². The molecule has 0 unspecified atom stereocenters. The molecule has 0 atom stereocenters. The van der Waals surface area contributed by atoms with Crippen molar-refractivity contribution in [3.8, 4) is 5.82 Å². The van der Waals surface area contributed by atoms with E-state index in [0.29, 0.717) is 11.5 Å². The molecule has 27 heavy (non-hydrogen) atoms. The first-order valence-corrected chi connectivity index (χ1v) is 9.66. The zero-order valence-corrected chi connectivity index (χ0v) is 15.6. The number of carbonyl (C=O) groups excluding carboxylic acids is 1. The Bertz CT molecular complexity index is 987. The van der Waals surface area contributed by atoms with E-state index >= 15 is 0 Å². The molecule has 0 spiro atoms. The largest absolute Gasteiger partial charge is 0.348 e. The number of nitrogens with one attached hydrogen (secondary N) is 1. The lowest BCUT2D eigenvalue weighted by Crippen LogP contribution is -2.39. The Hall–Kier alpha value is -2.88. The van der Waals surface area contributed by atoms with Crippen LogP contribution in [-0.4, -0.2) is 41.5 Å². The molecule has 0 aliphatic heterocycles. The minimum Gasteiger partial charge on any atom is -0.348 e. The highest BCUT2D eigenvalue weighted by Crippen LogP contribution is 2.27. The summed E-state index contributed by atoms with van der Waals surface area (Å²) in [6.07, 6.45) is 6.10. The van der Waals surface area contributed by atoms with Crippen LogP contribution in [0.15, 0.2) is 35.0 Å². The standard InChI is InChI=1S/C17H19N7O2S/c1-11-20-14(8-27-11)17(26)21-12-2-4-13(5-3-12)24-16(25)7-6-15(22-24)23-10-18-9-19-23/h6-10,12-13H,2-5H2,1H3,(H,21,26). The quantitative estimate of drug-likeness (QED) is 0.729. The molecule has 1 aliphatic rings. The van der Waals surface area contributed by atoms with Gasteiger partial charge < -0.3 is 5.32 Å². The van der Waals surface area contributed by atoms with E-state index in [9.17, 15) is 9.59 Å². The molecule has 0 saturated heterocycles. The van der Waals surface area contributed by atoms with Gasteiger partial charge in [0.25, 0.3) is 11.5 Å². The molecule has 1 N–H and O–H groups in total. The van der Waals surface area contributed by atoms with Crippen molar-refractivity contribution in [2.45, 2.75) is 44.7 Å². The molecule has 0 radical (unpaired) electrons. The van der Waals surface area contributed by atoms with Gasteiger partial charge in [0, 0.05) is 17.5 Å². The van der Waals surface area contributed by atoms with Crippen LogP contribution in [0.1, 0.15) is 47.2 Å². The van der Waals surface area contributed by atoms with Crippen LogP contribution in [-0.2, 0) is 0 Å². The highest BCUT2D eigenvalue weighted by atomic mass is 32.1. The molecule has 1 amide bonds. The number of aromatic nitrogens is 6. The van der Waals surface area contributed by atoms with Gasteiger partial charge in [-0.3, -0.25) is 9.59 Å². The topological polar surface area (TPSA) is 108 Å². The highest BCUT2D eigenvalue weighted by molar-refractivity contribution is 7.09. The molecule has 1 aliphatic carbocycles. The van der Waals surface area contributed by atoms with E-state index in [1.54, 1.807) is 17.8 Å². The summed E-state index contributed by atoms with van der Waals surface area (Å²) in [7, 11) is 0. The summed E-state index contributed by atoms with van der Waals surface area (Å²) in [5.74, 6) is 0.424. The number of nitrogens with zero attached hydrogens (tertiary/aromatic N) is 6. The number of rotatable bonds is 4. The maximum atomic E-state index is 12.3. The number of thiazole rings is 1. The highest BCUT2D eigenvalue weighted by Gasteiger charge is 2.25. The third-order valence-corrected chi connectivity index (χ3v) is 5.47. The van der Waals surface area contributed by atoms with Crippen molar-refractivity contribution in [1.82, 2.24) is 34.8 Å². The number of aryl methyl sites for hydroxylation is 1. The zero-order chi connectivity index (χ0) is 18.8. The number of carbonyl (C=O) groups is 1. The smallest absolute Gasteiger partial charge is 0.270 e. The molecular weight excluding hydrogens is 366 g/mol. The van der Waals surface area contributed by atoms with E-state index in [-0.39, 0.29) is 23.6 Å². The van der Waals surface area contributed by atoms with Gasteiger partial charge >= 0.3 is 0 Å². The second-order valence-electron chi connectivity index (χ2n) is 6.55. The van der Waals surface area contributed by atoms with Crippen LogP contribution in [0.25, 0.3) is 5.82 Å². The van der Waals surface area contributed by atoms with Crippen LogP contribution in [0.3, 0.4) is 0 Å². The van der Waals surface area contributed by atoms with Gasteiger partial charge in [-0.25, -0.2) is 19.3 Å². The fourth-order valence-electron chi connectivity index (χ4n) is 3.32. The molecule has 0 aromatic carbocycles. The lowest BCUT2D eigenvalue weighted by atomic mass is 9.91. The molecule has 3 aromatic heterocycles. The van der Waals surface area contributed by atoms with Crippen molar-refractivity contribution >= 4 is 17.2 Å². The zero-order valence-electron chi connectivity index (χ0n) is 14.8. The van der Waals surface area contributed by atoms with Gasteiger partial charge in [0.15, 0.2) is 5.82 Å². The Kier molecular flexibility index (Phi) is 4.80. The van der Waals surface area contributed by atoms with Crippen molar-refractivity contribution in [1.29, 1.82) is 0 Å². The average molecular weight is 385 g/mol. The lowest BCUT2D eigenvalue weighted by molar-refractivity contribution is 0.0917. The van der Waals surface area contributed by atoms with Crippen molar-refractivity contribution in [3.63, 3.8) is 0 Å². The van der Waals surface area contributed by atoms with Gasteiger partial charge in [-0.05, 0) is 38.7 Å². The second kappa shape index (κ2) is 7.39. The molecule has 10 heteroatoms. The van der Waals surface area contributed by atoms with Gasteiger partial charge in [-0.1, -0.05) is 0 Å². The maximum absolute atomic E-state index is 12.3. The Morgan fingerprint density at radius 2 is 2.07 bits per heavy atom. The molecule has 0 bridgehead atoms. The number of hydrogen-bond acceptors (Lipinski definition) is 7. The predicted molar refractivity (Wildman–Crippen MR) is 99.0 cm³/mol. The molecule has 3 aromatic rings. The Labute approximate surface area is 159 Å². The summed E-state index contributed by atoms with van der Waals surface area (Å²) in [5.41, 5.74) is 0.336. The summed E-state index contributed by atoms with van der Waals surface area (Å²) in [5, 5.41) is 14.2. The van der Waals surface area contributed by atoms with Crippen LogP contribution in [0, 0.1) is 6.92 Å². The van der Waals surface area contributed by atoms with Crippen LogP contribution >= 0.6 is 11.3 Å². The lowest BCUT2D eigenvalue weighted by Gasteiger charge is -2.29. The SMILES string of the molecule is Cc1nc(C(=O)NC2CCC(n3nc(-n4cncn4)ccc3=O)CC2)cs1. The van der Waals surface area contributed by atoms with E-state index in [0.717, 1.165) is 30.7 Å². The number of hydrogen-bond donors (Lipinski definition) is 1. The predicted octanol–water partition coefficient (Wildman–Crippen LogP) is 1.50. The first-order chi connectivity index (χ1) is 13.1. The van der Waals surface area contributed by atoms with Crippen molar-refractivity contribution in [3.05, 3.63) is 51.2 Å². The van der Waals surface area contributed by atoms with Crippen LogP contribution < -0.4 is 10.9 Å². The molecule has 1 fully saturated rings. The van der Waals surface area contributed by atoms with E-state index in [4.69, 9.17) is 0 Å². The van der Waals surface area contributed by atoms with E-state index in [2.05, 4.69) is 25.5 Å². The van der Waals surface area contributed by atoms with Gasteiger partial charge in [-0.15, -0.1) is 16.4 Å². The molecule has 140 valence electrons. The summed E-state index contributed by atoms with van der Waals surface area (Å²) < 4.78 is 3.05. The first kappa shape index (κ1) is 17.5. The minimum absolute atomic E-state index is 0.00985. The summed E-state index contributed by atoms with van der Waals surface area (Å²) in [6, 6.07) is 3.23. The monoisotopic (exact) mass is 385 g/mol. The van der Waals surface area contributed by atoms with Crippen molar-refractivity contribution in [2.75, 3.05) is 0 Å². The third-order valence-electron chi connectivity index (χ3n) is 4.69. The maximum Gasteiger partial charge on any atom is 0.270 e. The molecule has 4 rings (SSSR count). The fourth-order valence-corrected chi connectivity index (χ4v) is 3.91. The summed E-state index contributed by atoms with van der Waals surface area (Å²) >= 11 is 1.46. The Balaban J connectivity index is 1.41. The molecule has 3 heterocycles. The summed E-state index contributed by atoms with van der Waals surface area (Å²) in [4.78, 5) is 32.7. The summed E-state index contributed by atoms with van der Waals surface area (Å²) in [6.45, 7) is 1.88. The third kappa shape index (κ3) is 3.80. The van der Waals surface area contributed by atoms with E-state index < -0.39 is 0 Å². The fraction of sp³-hybridized carbons (Fsp3) is 0.412. The second-order valence-corrected chi connectivity index (χ2v) is 7.61. The van der Waals surface area contributed by atoms with Gasteiger partial charge in [0.2, 0.25) is 0 Å². The Morgan fingerprint density at radius 3 is 2.74 bits per heavy atom. The van der Waals surface area contributed by atoms with E-state index in [1.807, 2.05) is 6.92 Å². The van der Waals surface area contributed by atoms with Crippen LogP contribution in [0.2, 0.25) is 0 Å². The molecule has 1 saturated carbocycles. The minimum atomic E-state index is -0.135. The van der Waals surface area contributed by atoms with Crippen molar-refractivity contribution < 1.29 is 4.79 Å². The molecule has 9 nitrogen and oxygen atoms in total. The Morgan fingerprint density at radius 1 is 1.26 bits per heavy atom. The average Bonchev–Trinajstić information content (AvgIpc) is 3.35. The van der Waals surface area contributed by atoms with Crippen LogP contribution in [0.4, 0.5) is 0 Å². The normalized spacial score (nSPS) is 19.7. The first-order valence-electron chi connectivity index (χ1n) is 8.78. The van der Waals surface area contributed by atoms with Gasteiger partial charge in [0.1, 0.15) is 18.3 Å². The van der Waals surface area contributed by atoms with E-state index in [1.165, 1.54) is 33.1 Å². The molecular formula is C17H19N7O2S. The van der Waals surface area contributed by atoms with Crippen LogP contribution in [0.5, 0.6) is 0 Å². The van der Waals surface area contributed by atoms with Crippen molar-refractivity contribution in [2.24, 2.45) is 0 Å². The number of amides is 1.